The Kier molecular flexibility index (Phi) is 4.09. The molecule has 0 amide bonds. The van der Waals surface area contributed by atoms with Crippen molar-refractivity contribution in [2.75, 3.05) is 0 Å². The molecule has 0 aliphatic heterocycles. The van der Waals surface area contributed by atoms with Crippen LogP contribution in [-0.2, 0) is 12.0 Å². The number of carbonyl (C=O) groups is 1. The van der Waals surface area contributed by atoms with Gasteiger partial charge in [-0.05, 0) is 62.1 Å². The molecule has 1 aromatic carbocycles. The average Bonchev–Trinajstić information content (AvgIpc) is 3.33. The van der Waals surface area contributed by atoms with Gasteiger partial charge in [0.2, 0.25) is 0 Å². The van der Waals surface area contributed by atoms with Gasteiger partial charge in [-0.15, -0.1) is 0 Å². The average molecular weight is 432 g/mol. The third-order valence-electron chi connectivity index (χ3n) is 7.21. The number of carboxylic acids is 1. The highest BCUT2D eigenvalue weighted by Gasteiger charge is 2.56. The van der Waals surface area contributed by atoms with Crippen LogP contribution in [0.3, 0.4) is 0 Å². The molecule has 0 spiro atoms. The van der Waals surface area contributed by atoms with E-state index in [1.165, 1.54) is 24.1 Å². The molecule has 4 bridgehead atoms. The molecule has 2 heterocycles. The van der Waals surface area contributed by atoms with Crippen LogP contribution in [0, 0.1) is 11.8 Å². The molecule has 8 heteroatoms. The minimum absolute atomic E-state index is 0.00620. The topological polar surface area (TPSA) is 110 Å². The Balaban J connectivity index is 1.45. The van der Waals surface area contributed by atoms with Crippen molar-refractivity contribution in [3.8, 4) is 11.8 Å². The fourth-order valence-corrected chi connectivity index (χ4v) is 6.19. The number of aromatic amines is 1. The molecular formula is C24H24N4O4. The SMILES string of the molecule is CCCn1c(C23CC4C=C2CC(C4)C3)nc2nc(Oc3cccc(C(=O)O)c3)[nH]c(=O)c21. The first-order chi connectivity index (χ1) is 15.5. The fraction of sp³-hybridized carbons (Fsp3) is 0.417. The molecule has 3 atom stereocenters. The summed E-state index contributed by atoms with van der Waals surface area (Å²) >= 11 is 0. The van der Waals surface area contributed by atoms with Crippen molar-refractivity contribution in [1.82, 2.24) is 19.5 Å². The van der Waals surface area contributed by atoms with E-state index >= 15 is 0 Å². The van der Waals surface area contributed by atoms with Gasteiger partial charge in [0.1, 0.15) is 11.6 Å². The van der Waals surface area contributed by atoms with Crippen LogP contribution in [0.15, 0.2) is 40.7 Å². The molecule has 2 aromatic heterocycles. The van der Waals surface area contributed by atoms with Crippen LogP contribution in [0.1, 0.15) is 55.2 Å². The molecule has 4 aliphatic carbocycles. The number of fused-ring (bicyclic) bond motifs is 1. The van der Waals surface area contributed by atoms with E-state index in [1.54, 1.807) is 12.1 Å². The van der Waals surface area contributed by atoms with Crippen molar-refractivity contribution in [3.63, 3.8) is 0 Å². The summed E-state index contributed by atoms with van der Waals surface area (Å²) in [5.41, 5.74) is 2.09. The van der Waals surface area contributed by atoms with E-state index in [2.05, 4.69) is 27.5 Å². The number of H-pyrrole nitrogens is 1. The Morgan fingerprint density at radius 2 is 2.22 bits per heavy atom. The van der Waals surface area contributed by atoms with Gasteiger partial charge in [-0.3, -0.25) is 9.78 Å². The molecule has 164 valence electrons. The molecule has 2 fully saturated rings. The summed E-state index contributed by atoms with van der Waals surface area (Å²) < 4.78 is 7.78. The van der Waals surface area contributed by atoms with Crippen molar-refractivity contribution in [2.24, 2.45) is 11.8 Å². The Labute approximate surface area is 184 Å². The molecule has 0 saturated heterocycles. The van der Waals surface area contributed by atoms with Crippen molar-refractivity contribution in [2.45, 2.75) is 51.0 Å². The van der Waals surface area contributed by atoms with Crippen LogP contribution in [-0.4, -0.2) is 30.6 Å². The van der Waals surface area contributed by atoms with Gasteiger partial charge in [0, 0.05) is 6.54 Å². The lowest BCUT2D eigenvalue weighted by molar-refractivity contribution is 0.0696. The van der Waals surface area contributed by atoms with Crippen molar-refractivity contribution in [3.05, 3.63) is 57.7 Å². The van der Waals surface area contributed by atoms with Crippen LogP contribution >= 0.6 is 0 Å². The number of rotatable bonds is 6. The van der Waals surface area contributed by atoms with Gasteiger partial charge in [-0.2, -0.15) is 4.98 Å². The summed E-state index contributed by atoms with van der Waals surface area (Å²) in [5.74, 6) is 1.54. The third-order valence-corrected chi connectivity index (χ3v) is 7.21. The highest BCUT2D eigenvalue weighted by Crippen LogP contribution is 2.62. The van der Waals surface area contributed by atoms with E-state index < -0.39 is 5.97 Å². The van der Waals surface area contributed by atoms with Gasteiger partial charge in [0.25, 0.3) is 5.56 Å². The highest BCUT2D eigenvalue weighted by atomic mass is 16.5. The monoisotopic (exact) mass is 432 g/mol. The number of aromatic nitrogens is 4. The summed E-state index contributed by atoms with van der Waals surface area (Å²) in [6.45, 7) is 2.81. The fourth-order valence-electron chi connectivity index (χ4n) is 6.19. The predicted octanol–water partition coefficient (Wildman–Crippen LogP) is 4.02. The Morgan fingerprint density at radius 3 is 3.00 bits per heavy atom. The van der Waals surface area contributed by atoms with Crippen LogP contribution in [0.5, 0.6) is 11.8 Å². The minimum atomic E-state index is -1.05. The van der Waals surface area contributed by atoms with Crippen molar-refractivity contribution in [1.29, 1.82) is 0 Å². The van der Waals surface area contributed by atoms with E-state index in [0.29, 0.717) is 23.6 Å². The van der Waals surface area contributed by atoms with Crippen LogP contribution < -0.4 is 10.3 Å². The first-order valence-electron chi connectivity index (χ1n) is 11.2. The quantitative estimate of drug-likeness (QED) is 0.570. The maximum Gasteiger partial charge on any atom is 0.335 e. The van der Waals surface area contributed by atoms with Gasteiger partial charge < -0.3 is 14.4 Å². The number of aromatic carboxylic acids is 1. The standard InChI is InChI=1S/C24H24N4O4/c1-2-6-28-18-19(25-22(28)24-11-13-7-14(12-24)9-16(24)8-13)26-23(27-20(18)29)32-17-5-3-4-15(10-17)21(30)31/h3-5,8,10,13-14H,2,6-7,9,11-12H2,1H3,(H,30,31)(H,26,27,29). The smallest absolute Gasteiger partial charge is 0.335 e. The lowest BCUT2D eigenvalue weighted by Gasteiger charge is -2.32. The van der Waals surface area contributed by atoms with E-state index in [9.17, 15) is 14.7 Å². The second-order valence-corrected chi connectivity index (χ2v) is 9.31. The number of nitrogens with zero attached hydrogens (tertiary/aromatic N) is 3. The Hall–Kier alpha value is -3.42. The predicted molar refractivity (Wildman–Crippen MR) is 117 cm³/mol. The van der Waals surface area contributed by atoms with Crippen LogP contribution in [0.25, 0.3) is 11.2 Å². The first-order valence-corrected chi connectivity index (χ1v) is 11.2. The Morgan fingerprint density at radius 1 is 1.34 bits per heavy atom. The molecular weight excluding hydrogens is 408 g/mol. The van der Waals surface area contributed by atoms with Gasteiger partial charge in [0.05, 0.1) is 11.0 Å². The number of hydrogen-bond acceptors (Lipinski definition) is 5. The van der Waals surface area contributed by atoms with Gasteiger partial charge in [-0.25, -0.2) is 9.78 Å². The van der Waals surface area contributed by atoms with Crippen LogP contribution in [0.2, 0.25) is 0 Å². The van der Waals surface area contributed by atoms with Crippen molar-refractivity contribution < 1.29 is 14.6 Å². The summed E-state index contributed by atoms with van der Waals surface area (Å²) in [6.07, 6.45) is 7.93. The molecule has 32 heavy (non-hydrogen) atoms. The summed E-state index contributed by atoms with van der Waals surface area (Å²) in [4.78, 5) is 36.5. The molecule has 7 rings (SSSR count). The number of nitrogens with one attached hydrogen (secondary N) is 1. The van der Waals surface area contributed by atoms with E-state index in [4.69, 9.17) is 9.72 Å². The summed E-state index contributed by atoms with van der Waals surface area (Å²) in [6, 6.07) is 6.09. The number of imidazole rings is 1. The summed E-state index contributed by atoms with van der Waals surface area (Å²) in [5, 5.41) is 9.20. The number of benzene rings is 1. The number of ether oxygens (including phenoxy) is 1. The zero-order chi connectivity index (χ0) is 22.0. The number of allylic oxidation sites excluding steroid dienone is 2. The Bertz CT molecular complexity index is 1350. The van der Waals surface area contributed by atoms with Crippen LogP contribution in [0.4, 0.5) is 0 Å². The molecule has 3 aromatic rings. The molecule has 2 saturated carbocycles. The first kappa shape index (κ1) is 19.3. The zero-order valence-electron chi connectivity index (χ0n) is 17.8. The molecule has 3 unspecified atom stereocenters. The second kappa shape index (κ2) is 6.79. The van der Waals surface area contributed by atoms with E-state index in [-0.39, 0.29) is 28.3 Å². The minimum Gasteiger partial charge on any atom is -0.478 e. The maximum absolute atomic E-state index is 13.1. The van der Waals surface area contributed by atoms with E-state index in [1.807, 2.05) is 0 Å². The third kappa shape index (κ3) is 2.75. The molecule has 2 N–H and O–H groups in total. The lowest BCUT2D eigenvalue weighted by atomic mass is 9.74. The maximum atomic E-state index is 13.1. The molecule has 8 nitrogen and oxygen atoms in total. The summed E-state index contributed by atoms with van der Waals surface area (Å²) in [7, 11) is 0. The molecule has 4 aliphatic rings. The highest BCUT2D eigenvalue weighted by molar-refractivity contribution is 5.88. The molecule has 0 radical (unpaired) electrons. The lowest BCUT2D eigenvalue weighted by Crippen LogP contribution is -2.31. The zero-order valence-corrected chi connectivity index (χ0v) is 17.8. The van der Waals surface area contributed by atoms with Gasteiger partial charge in [-0.1, -0.05) is 24.6 Å². The van der Waals surface area contributed by atoms with E-state index in [0.717, 1.165) is 37.4 Å². The second-order valence-electron chi connectivity index (χ2n) is 9.31. The number of hydrogen-bond donors (Lipinski definition) is 2. The normalized spacial score (nSPS) is 25.5. The number of aryl methyl sites for hydroxylation is 1. The van der Waals surface area contributed by atoms with Gasteiger partial charge in [0.15, 0.2) is 11.2 Å². The number of carboxylic acid groups (broad SMARTS) is 1. The largest absolute Gasteiger partial charge is 0.478 e. The van der Waals surface area contributed by atoms with Gasteiger partial charge >= 0.3 is 12.0 Å². The van der Waals surface area contributed by atoms with Crippen molar-refractivity contribution >= 4 is 17.1 Å².